The second-order valence-corrected chi connectivity index (χ2v) is 3.92. The van der Waals surface area contributed by atoms with Crippen molar-refractivity contribution in [1.29, 1.82) is 0 Å². The minimum absolute atomic E-state index is 0.773. The minimum atomic E-state index is 0.773. The van der Waals surface area contributed by atoms with Gasteiger partial charge in [0.25, 0.3) is 0 Å². The highest BCUT2D eigenvalue weighted by Crippen LogP contribution is 2.18. The number of pyridine rings is 1. The molecule has 1 heterocycles. The topological polar surface area (TPSA) is 15.8 Å². The first-order valence-corrected chi connectivity index (χ1v) is 5.49. The van der Waals surface area contributed by atoms with Gasteiger partial charge in [0.1, 0.15) is 4.64 Å². The Kier molecular flexibility index (Phi) is 2.97. The van der Waals surface area contributed by atoms with Crippen molar-refractivity contribution in [3.05, 3.63) is 52.7 Å². The van der Waals surface area contributed by atoms with Crippen LogP contribution < -0.4 is 0 Å². The summed E-state index contributed by atoms with van der Waals surface area (Å²) in [7, 11) is 0. The monoisotopic (exact) mass is 215 g/mol. The zero-order valence-electron chi connectivity index (χ0n) is 8.66. The van der Waals surface area contributed by atoms with Crippen LogP contribution in [0.5, 0.6) is 0 Å². The molecule has 76 valence electrons. The molecule has 0 saturated carbocycles. The fourth-order valence-electron chi connectivity index (χ4n) is 1.57. The number of hydrogen-bond donors (Lipinski definition) is 1. The molecule has 1 nitrogen and oxygen atoms in total. The fraction of sp³-hybridized carbons (Fsp3) is 0.154. The Balaban J connectivity index is 2.49. The molecule has 2 aromatic rings. The molecule has 0 aliphatic heterocycles. The molecule has 1 aromatic heterocycles. The first-order valence-electron chi connectivity index (χ1n) is 5.08. The molecule has 0 amide bonds. The van der Waals surface area contributed by atoms with Crippen LogP contribution in [0.1, 0.15) is 12.5 Å². The molecule has 15 heavy (non-hydrogen) atoms. The summed E-state index contributed by atoms with van der Waals surface area (Å²) in [5.41, 5.74) is 3.62. The number of H-pyrrole nitrogens is 1. The van der Waals surface area contributed by atoms with Gasteiger partial charge in [0, 0.05) is 5.69 Å². The lowest BCUT2D eigenvalue weighted by Crippen LogP contribution is -1.85. The number of aromatic nitrogens is 1. The molecule has 0 bridgehead atoms. The zero-order chi connectivity index (χ0) is 10.7. The molecule has 0 aliphatic carbocycles. The summed E-state index contributed by atoms with van der Waals surface area (Å²) in [4.78, 5) is 3.19. The van der Waals surface area contributed by atoms with Gasteiger partial charge in [-0.05, 0) is 35.7 Å². The highest BCUT2D eigenvalue weighted by molar-refractivity contribution is 7.71. The number of aryl methyl sites for hydroxylation is 1. The van der Waals surface area contributed by atoms with Crippen molar-refractivity contribution >= 4 is 12.2 Å². The summed E-state index contributed by atoms with van der Waals surface area (Å²) in [6.45, 7) is 2.16. The summed E-state index contributed by atoms with van der Waals surface area (Å²) in [5, 5.41) is 0. The minimum Gasteiger partial charge on any atom is -0.346 e. The third-order valence-electron chi connectivity index (χ3n) is 2.41. The van der Waals surface area contributed by atoms with Gasteiger partial charge in [-0.2, -0.15) is 0 Å². The Morgan fingerprint density at radius 1 is 1.13 bits per heavy atom. The van der Waals surface area contributed by atoms with Crippen LogP contribution in [0.3, 0.4) is 0 Å². The molecule has 1 aromatic carbocycles. The predicted octanol–water partition coefficient (Wildman–Crippen LogP) is 3.97. The Bertz CT molecular complexity index is 514. The second-order valence-electron chi connectivity index (χ2n) is 3.48. The van der Waals surface area contributed by atoms with E-state index in [0.717, 1.165) is 16.8 Å². The van der Waals surface area contributed by atoms with Gasteiger partial charge in [-0.25, -0.2) is 0 Å². The van der Waals surface area contributed by atoms with Gasteiger partial charge in [0.2, 0.25) is 0 Å². The van der Waals surface area contributed by atoms with E-state index in [-0.39, 0.29) is 0 Å². The van der Waals surface area contributed by atoms with E-state index in [1.807, 2.05) is 18.2 Å². The number of aromatic amines is 1. The average molecular weight is 215 g/mol. The molecule has 0 atom stereocenters. The first-order chi connectivity index (χ1) is 7.29. The molecular weight excluding hydrogens is 202 g/mol. The van der Waals surface area contributed by atoms with E-state index in [1.54, 1.807) is 0 Å². The van der Waals surface area contributed by atoms with Gasteiger partial charge < -0.3 is 4.98 Å². The van der Waals surface area contributed by atoms with Crippen LogP contribution in [0, 0.1) is 4.64 Å². The van der Waals surface area contributed by atoms with Crippen molar-refractivity contribution in [2.24, 2.45) is 0 Å². The Morgan fingerprint density at radius 2 is 1.93 bits per heavy atom. The van der Waals surface area contributed by atoms with Crippen molar-refractivity contribution in [1.82, 2.24) is 4.98 Å². The molecule has 0 unspecified atom stereocenters. The Hall–Kier alpha value is -1.41. The maximum Gasteiger partial charge on any atom is 0.103 e. The van der Waals surface area contributed by atoms with Crippen LogP contribution in [0.15, 0.2) is 42.5 Å². The second kappa shape index (κ2) is 4.41. The number of benzene rings is 1. The Labute approximate surface area is 94.8 Å². The smallest absolute Gasteiger partial charge is 0.103 e. The lowest BCUT2D eigenvalue weighted by Gasteiger charge is -2.03. The molecule has 0 aliphatic rings. The number of rotatable bonds is 2. The summed E-state index contributed by atoms with van der Waals surface area (Å²) in [6, 6.07) is 14.4. The lowest BCUT2D eigenvalue weighted by atomic mass is 10.1. The molecule has 2 rings (SSSR count). The van der Waals surface area contributed by atoms with Crippen LogP contribution >= 0.6 is 12.2 Å². The predicted molar refractivity (Wildman–Crippen MR) is 66.4 cm³/mol. The maximum atomic E-state index is 5.11. The summed E-state index contributed by atoms with van der Waals surface area (Å²) >= 11 is 5.11. The molecule has 0 saturated heterocycles. The van der Waals surface area contributed by atoms with Gasteiger partial charge in [-0.1, -0.05) is 43.4 Å². The number of hydrogen-bond acceptors (Lipinski definition) is 1. The van der Waals surface area contributed by atoms with E-state index in [4.69, 9.17) is 12.2 Å². The van der Waals surface area contributed by atoms with Crippen molar-refractivity contribution in [3.8, 4) is 11.3 Å². The summed E-state index contributed by atoms with van der Waals surface area (Å²) in [5.74, 6) is 0. The third-order valence-corrected chi connectivity index (χ3v) is 2.65. The number of nitrogens with one attached hydrogen (secondary N) is 1. The molecule has 2 heteroatoms. The standard InChI is InChI=1S/C13H13NS/c1-2-10-5-3-6-11(9-10)12-7-4-8-13(15)14-12/h3-9H,2H2,1H3,(H,14,15). The SMILES string of the molecule is CCc1cccc(-c2cccc(=S)[nH]2)c1. The van der Waals surface area contributed by atoms with Crippen LogP contribution in [0.25, 0.3) is 11.3 Å². The average Bonchev–Trinajstić information content (AvgIpc) is 2.29. The van der Waals surface area contributed by atoms with Gasteiger partial charge >= 0.3 is 0 Å². The van der Waals surface area contributed by atoms with Crippen molar-refractivity contribution in [2.75, 3.05) is 0 Å². The van der Waals surface area contributed by atoms with Gasteiger partial charge in [-0.15, -0.1) is 0 Å². The first kappa shape index (κ1) is 10.1. The molecule has 1 N–H and O–H groups in total. The lowest BCUT2D eigenvalue weighted by molar-refractivity contribution is 1.14. The van der Waals surface area contributed by atoms with Crippen LogP contribution in [0.2, 0.25) is 0 Å². The van der Waals surface area contributed by atoms with Crippen LogP contribution in [0.4, 0.5) is 0 Å². The largest absolute Gasteiger partial charge is 0.346 e. The maximum absolute atomic E-state index is 5.11. The van der Waals surface area contributed by atoms with E-state index < -0.39 is 0 Å². The molecule has 0 fully saturated rings. The normalized spacial score (nSPS) is 10.2. The van der Waals surface area contributed by atoms with Gasteiger partial charge in [-0.3, -0.25) is 0 Å². The highest BCUT2D eigenvalue weighted by Gasteiger charge is 1.97. The van der Waals surface area contributed by atoms with Crippen LogP contribution in [-0.4, -0.2) is 4.98 Å². The third kappa shape index (κ3) is 2.34. The van der Waals surface area contributed by atoms with E-state index in [0.29, 0.717) is 0 Å². The van der Waals surface area contributed by atoms with Crippen molar-refractivity contribution in [2.45, 2.75) is 13.3 Å². The fourth-order valence-corrected chi connectivity index (χ4v) is 1.76. The summed E-state index contributed by atoms with van der Waals surface area (Å²) in [6.07, 6.45) is 1.06. The summed E-state index contributed by atoms with van der Waals surface area (Å²) < 4.78 is 0.773. The van der Waals surface area contributed by atoms with Crippen molar-refractivity contribution < 1.29 is 0 Å². The molecular formula is C13H13NS. The van der Waals surface area contributed by atoms with Crippen LogP contribution in [-0.2, 0) is 6.42 Å². The van der Waals surface area contributed by atoms with E-state index in [9.17, 15) is 0 Å². The van der Waals surface area contributed by atoms with Gasteiger partial charge in [0.05, 0.1) is 0 Å². The van der Waals surface area contributed by atoms with Gasteiger partial charge in [0.15, 0.2) is 0 Å². The van der Waals surface area contributed by atoms with E-state index in [1.165, 1.54) is 11.1 Å². The Morgan fingerprint density at radius 3 is 2.67 bits per heavy atom. The zero-order valence-corrected chi connectivity index (χ0v) is 9.47. The highest BCUT2D eigenvalue weighted by atomic mass is 32.1. The molecule has 0 radical (unpaired) electrons. The van der Waals surface area contributed by atoms with E-state index in [2.05, 4.69) is 36.2 Å². The van der Waals surface area contributed by atoms with Crippen molar-refractivity contribution in [3.63, 3.8) is 0 Å². The quantitative estimate of drug-likeness (QED) is 0.749. The molecule has 0 spiro atoms. The van der Waals surface area contributed by atoms with E-state index >= 15 is 0 Å².